The fourth-order valence-electron chi connectivity index (χ4n) is 5.45. The molecule has 14 nitrogen and oxygen atoms in total. The van der Waals surface area contributed by atoms with Gasteiger partial charge in [-0.25, -0.2) is 19.3 Å². The number of aromatic nitrogens is 5. The van der Waals surface area contributed by atoms with Crippen LogP contribution in [0.5, 0.6) is 0 Å². The molecule has 2 amide bonds. The summed E-state index contributed by atoms with van der Waals surface area (Å²) in [6, 6.07) is 11.1. The van der Waals surface area contributed by atoms with E-state index in [1.54, 1.807) is 77.3 Å². The van der Waals surface area contributed by atoms with Gasteiger partial charge >= 0.3 is 12.2 Å². The van der Waals surface area contributed by atoms with Gasteiger partial charge in [-0.15, -0.1) is 16.4 Å². The van der Waals surface area contributed by atoms with E-state index in [1.807, 2.05) is 36.4 Å². The Hall–Kier alpha value is -3.45. The average molecular weight is 804 g/mol. The van der Waals surface area contributed by atoms with Gasteiger partial charge in [0.15, 0.2) is 6.29 Å². The van der Waals surface area contributed by atoms with Crippen LogP contribution in [0.2, 0.25) is 0 Å². The van der Waals surface area contributed by atoms with Crippen molar-refractivity contribution in [2.45, 2.75) is 93.7 Å². The van der Waals surface area contributed by atoms with Gasteiger partial charge in [0.2, 0.25) is 5.13 Å². The van der Waals surface area contributed by atoms with Gasteiger partial charge in [0, 0.05) is 39.8 Å². The normalized spacial score (nSPS) is 23.7. The predicted octanol–water partition coefficient (Wildman–Crippen LogP) is 7.42. The number of thioether (sulfide) groups is 1. The Balaban J connectivity index is 1.32. The van der Waals surface area contributed by atoms with Crippen LogP contribution in [0.25, 0.3) is 11.4 Å². The molecule has 17 heteroatoms. The number of thiazole rings is 1. The Morgan fingerprint density at radius 3 is 2.37 bits per heavy atom. The molecule has 4 unspecified atom stereocenters. The largest absolute Gasteiger partial charge is 0.443 e. The number of hydrogen-bond donors (Lipinski definition) is 0. The molecule has 3 aromatic heterocycles. The van der Waals surface area contributed by atoms with Crippen molar-refractivity contribution in [3.8, 4) is 11.4 Å². The number of benzene rings is 1. The maximum Gasteiger partial charge on any atom is 0.426 e. The summed E-state index contributed by atoms with van der Waals surface area (Å²) in [4.78, 5) is 37.0. The van der Waals surface area contributed by atoms with Crippen LogP contribution in [0.4, 0.5) is 14.7 Å². The van der Waals surface area contributed by atoms with Crippen molar-refractivity contribution in [2.75, 3.05) is 18.6 Å². The highest BCUT2D eigenvalue weighted by Crippen LogP contribution is 2.44. The summed E-state index contributed by atoms with van der Waals surface area (Å²) in [7, 11) is 1.62. The maximum atomic E-state index is 13.2. The summed E-state index contributed by atoms with van der Waals surface area (Å²) < 4.78 is 39.1. The molecule has 2 aliphatic heterocycles. The minimum Gasteiger partial charge on any atom is -0.443 e. The molecule has 272 valence electrons. The number of amides is 2. The van der Waals surface area contributed by atoms with Gasteiger partial charge in [-0.2, -0.15) is 4.90 Å². The van der Waals surface area contributed by atoms with Gasteiger partial charge < -0.3 is 28.4 Å². The highest BCUT2D eigenvalue weighted by Gasteiger charge is 2.52. The van der Waals surface area contributed by atoms with Crippen molar-refractivity contribution in [2.24, 2.45) is 0 Å². The third-order valence-corrected chi connectivity index (χ3v) is 9.87. The van der Waals surface area contributed by atoms with Crippen molar-refractivity contribution in [3.05, 3.63) is 70.4 Å². The average Bonchev–Trinajstić information content (AvgIpc) is 3.73. The quantitative estimate of drug-likeness (QED) is 0.183. The zero-order chi connectivity index (χ0) is 36.5. The van der Waals surface area contributed by atoms with E-state index in [0.29, 0.717) is 11.4 Å². The predicted molar refractivity (Wildman–Crippen MR) is 192 cm³/mol. The van der Waals surface area contributed by atoms with E-state index < -0.39 is 59.5 Å². The SMILES string of the molecule is COC1C(n2cc(-c3csc(N(C(=O)OC(C)(C)C)C(=O)OC(C)(C)C)n3)nn2)[C@H]2OC(c3ccccc3)OCC2O[C@@H]1Sc1cncc(Br)c1. The molecule has 51 heavy (non-hydrogen) atoms. The summed E-state index contributed by atoms with van der Waals surface area (Å²) in [5, 5.41) is 10.7. The second kappa shape index (κ2) is 15.3. The van der Waals surface area contributed by atoms with Crippen molar-refractivity contribution in [1.29, 1.82) is 0 Å². The van der Waals surface area contributed by atoms with Crippen molar-refractivity contribution < 1.29 is 38.0 Å². The number of halogens is 1. The first-order valence-corrected chi connectivity index (χ1v) is 18.7. The zero-order valence-electron chi connectivity index (χ0n) is 29.1. The van der Waals surface area contributed by atoms with Crippen LogP contribution in [0.3, 0.4) is 0 Å². The number of carbonyl (C=O) groups excluding carboxylic acids is 2. The molecule has 2 fully saturated rings. The van der Waals surface area contributed by atoms with Crippen LogP contribution in [0.1, 0.15) is 59.4 Å². The maximum absolute atomic E-state index is 13.2. The lowest BCUT2D eigenvalue weighted by Gasteiger charge is -2.48. The molecule has 0 N–H and O–H groups in total. The molecular formula is C34H39BrN6O8S2. The number of methoxy groups -OCH3 is 1. The number of pyridine rings is 1. The molecule has 4 aromatic rings. The summed E-state index contributed by atoms with van der Waals surface area (Å²) in [6.07, 6.45) is 1.20. The number of anilines is 1. The summed E-state index contributed by atoms with van der Waals surface area (Å²) in [5.41, 5.74) is -0.570. The fraction of sp³-hybridized carbons (Fsp3) is 0.471. The van der Waals surface area contributed by atoms with Crippen molar-refractivity contribution in [3.63, 3.8) is 0 Å². The third kappa shape index (κ3) is 8.96. The Labute approximate surface area is 312 Å². The van der Waals surface area contributed by atoms with Crippen molar-refractivity contribution in [1.82, 2.24) is 25.0 Å². The molecule has 0 saturated carbocycles. The minimum absolute atomic E-state index is 0.0570. The Morgan fingerprint density at radius 1 is 1.02 bits per heavy atom. The Bertz CT molecular complexity index is 1800. The smallest absolute Gasteiger partial charge is 0.426 e. The molecule has 2 aliphatic rings. The monoisotopic (exact) mass is 802 g/mol. The van der Waals surface area contributed by atoms with E-state index in [2.05, 4.69) is 36.2 Å². The summed E-state index contributed by atoms with van der Waals surface area (Å²) in [5.74, 6) is 0. The van der Waals surface area contributed by atoms with Gasteiger partial charge in [0.25, 0.3) is 0 Å². The molecule has 2 saturated heterocycles. The van der Waals surface area contributed by atoms with Crippen LogP contribution >= 0.6 is 39.0 Å². The van der Waals surface area contributed by atoms with Gasteiger partial charge in [0.05, 0.1) is 12.8 Å². The van der Waals surface area contributed by atoms with Gasteiger partial charge in [-0.3, -0.25) is 4.98 Å². The molecule has 0 spiro atoms. The molecule has 1 aromatic carbocycles. The fourth-order valence-corrected chi connectivity index (χ4v) is 7.96. The molecular weight excluding hydrogens is 764 g/mol. The molecule has 6 rings (SSSR count). The van der Waals surface area contributed by atoms with Crippen LogP contribution in [0, 0.1) is 0 Å². The standard InChI is InChI=1S/C34H39BrN6O8S2/c1-33(2,3)48-31(42)41(32(43)49-34(4,5)6)30-37-23(18-50-30)22-16-40(39-38-22)25-26-24(17-45-28(47-26)19-11-9-8-10-12-19)46-29(27(25)44-7)51-21-13-20(35)14-36-15-21/h8-16,18,24-29H,17H2,1-7H3/t24?,25?,26-,27?,28?,29+/m0/s1. The number of carbonyl (C=O) groups is 2. The summed E-state index contributed by atoms with van der Waals surface area (Å²) in [6.45, 7) is 10.5. The highest BCUT2D eigenvalue weighted by atomic mass is 79.9. The van der Waals surface area contributed by atoms with E-state index in [9.17, 15) is 9.59 Å². The van der Waals surface area contributed by atoms with Gasteiger partial charge in [0.1, 0.15) is 52.4 Å². The lowest BCUT2D eigenvalue weighted by Crippen LogP contribution is -2.59. The highest BCUT2D eigenvalue weighted by molar-refractivity contribution is 9.10. The van der Waals surface area contributed by atoms with E-state index in [4.69, 9.17) is 28.4 Å². The van der Waals surface area contributed by atoms with Crippen LogP contribution in [-0.4, -0.2) is 85.8 Å². The first-order valence-electron chi connectivity index (χ1n) is 16.1. The number of nitrogens with zero attached hydrogens (tertiary/aromatic N) is 6. The second-order valence-corrected chi connectivity index (χ2v) is 16.7. The molecule has 0 bridgehead atoms. The van der Waals surface area contributed by atoms with Gasteiger partial charge in [-0.05, 0) is 63.5 Å². The minimum atomic E-state index is -0.911. The first kappa shape index (κ1) is 37.3. The third-order valence-electron chi connectivity index (χ3n) is 7.50. The molecule has 5 heterocycles. The van der Waals surface area contributed by atoms with Crippen LogP contribution in [-0.2, 0) is 28.4 Å². The summed E-state index contributed by atoms with van der Waals surface area (Å²) >= 11 is 6.03. The molecule has 0 aliphatic carbocycles. The van der Waals surface area contributed by atoms with Gasteiger partial charge in [-0.1, -0.05) is 47.3 Å². The van der Waals surface area contributed by atoms with E-state index in [0.717, 1.165) is 31.2 Å². The number of fused-ring (bicyclic) bond motifs is 1. The van der Waals surface area contributed by atoms with Crippen LogP contribution in [0.15, 0.2) is 69.7 Å². The van der Waals surface area contributed by atoms with E-state index in [1.165, 1.54) is 11.8 Å². The number of ether oxygens (including phenoxy) is 6. The second-order valence-electron chi connectivity index (χ2n) is 13.8. The zero-order valence-corrected chi connectivity index (χ0v) is 32.3. The number of hydrogen-bond acceptors (Lipinski definition) is 14. The van der Waals surface area contributed by atoms with E-state index >= 15 is 0 Å². The lowest BCUT2D eigenvalue weighted by atomic mass is 9.95. The van der Waals surface area contributed by atoms with Crippen molar-refractivity contribution >= 4 is 56.3 Å². The van der Waals surface area contributed by atoms with Crippen LogP contribution < -0.4 is 4.90 Å². The number of imide groups is 1. The first-order chi connectivity index (χ1) is 24.2. The molecule has 0 radical (unpaired) electrons. The molecule has 6 atom stereocenters. The number of rotatable bonds is 7. The topological polar surface area (TPSA) is 149 Å². The Morgan fingerprint density at radius 2 is 1.73 bits per heavy atom. The lowest BCUT2D eigenvalue weighted by molar-refractivity contribution is -0.308. The van der Waals surface area contributed by atoms with E-state index in [-0.39, 0.29) is 11.7 Å². The Kier molecular flexibility index (Phi) is 11.2.